The third-order valence-corrected chi connectivity index (χ3v) is 3.60. The Labute approximate surface area is 117 Å². The molecule has 0 amide bonds. The zero-order valence-corrected chi connectivity index (χ0v) is 12.3. The second-order valence-electron chi connectivity index (χ2n) is 3.55. The first kappa shape index (κ1) is 13.0. The normalized spacial score (nSPS) is 10.4. The Hall–Kier alpha value is -1.44. The van der Waals surface area contributed by atoms with Crippen molar-refractivity contribution in [3.8, 4) is 17.2 Å². The van der Waals surface area contributed by atoms with E-state index in [2.05, 4.69) is 4.98 Å². The van der Waals surface area contributed by atoms with E-state index in [4.69, 9.17) is 14.2 Å². The first-order chi connectivity index (χ1) is 8.62. The minimum absolute atomic E-state index is 0.205. The molecule has 1 N–H and O–H groups in total. The van der Waals surface area contributed by atoms with Crippen molar-refractivity contribution in [2.75, 3.05) is 21.3 Å². The fourth-order valence-corrected chi connectivity index (χ4v) is 2.41. The molecule has 0 fully saturated rings. The zero-order chi connectivity index (χ0) is 13.3. The van der Waals surface area contributed by atoms with Crippen LogP contribution in [0.1, 0.15) is 0 Å². The van der Waals surface area contributed by atoms with Crippen LogP contribution < -0.4 is 19.8 Å². The summed E-state index contributed by atoms with van der Waals surface area (Å²) in [6.45, 7) is 0. The Morgan fingerprint density at radius 3 is 2.39 bits per heavy atom. The van der Waals surface area contributed by atoms with Crippen molar-refractivity contribution in [2.24, 2.45) is 0 Å². The minimum atomic E-state index is -0.205. The SMILES string of the molecule is COc1cc(OC)c2[nH]c(=O)c(I)c(OC)c2c1. The molecule has 0 saturated heterocycles. The third-order valence-electron chi connectivity index (χ3n) is 2.62. The minimum Gasteiger partial charge on any atom is -0.497 e. The van der Waals surface area contributed by atoms with Crippen LogP contribution in [0.2, 0.25) is 0 Å². The molecule has 0 atom stereocenters. The molecule has 0 unspecified atom stereocenters. The maximum absolute atomic E-state index is 11.8. The quantitative estimate of drug-likeness (QED) is 0.852. The number of aromatic nitrogens is 1. The molecule has 0 saturated carbocycles. The van der Waals surface area contributed by atoms with Crippen molar-refractivity contribution in [3.05, 3.63) is 26.1 Å². The maximum Gasteiger partial charge on any atom is 0.265 e. The number of aromatic amines is 1. The van der Waals surface area contributed by atoms with Gasteiger partial charge in [0.15, 0.2) is 0 Å². The van der Waals surface area contributed by atoms with Gasteiger partial charge in [-0.3, -0.25) is 4.79 Å². The van der Waals surface area contributed by atoms with Crippen LogP contribution in [0.3, 0.4) is 0 Å². The molecule has 1 heterocycles. The van der Waals surface area contributed by atoms with Gasteiger partial charge in [-0.25, -0.2) is 0 Å². The van der Waals surface area contributed by atoms with Gasteiger partial charge in [0.1, 0.15) is 20.8 Å². The number of fused-ring (bicyclic) bond motifs is 1. The summed E-state index contributed by atoms with van der Waals surface area (Å²) in [7, 11) is 4.64. The fourth-order valence-electron chi connectivity index (χ4n) is 1.77. The molecule has 96 valence electrons. The van der Waals surface area contributed by atoms with Crippen molar-refractivity contribution >= 4 is 33.5 Å². The van der Waals surface area contributed by atoms with E-state index in [1.165, 1.54) is 14.2 Å². The van der Waals surface area contributed by atoms with Gasteiger partial charge in [-0.2, -0.15) is 0 Å². The molecule has 6 heteroatoms. The summed E-state index contributed by atoms with van der Waals surface area (Å²) in [4.78, 5) is 14.6. The van der Waals surface area contributed by atoms with E-state index in [0.717, 1.165) is 5.39 Å². The molecule has 1 aromatic heterocycles. The van der Waals surface area contributed by atoms with Crippen LogP contribution in [-0.4, -0.2) is 26.3 Å². The van der Waals surface area contributed by atoms with E-state index in [9.17, 15) is 4.79 Å². The molecular weight excluding hydrogens is 349 g/mol. The van der Waals surface area contributed by atoms with Crippen LogP contribution in [0.4, 0.5) is 0 Å². The Balaban J connectivity index is 2.95. The Bertz CT molecular complexity index is 651. The maximum atomic E-state index is 11.8. The first-order valence-corrected chi connectivity index (χ1v) is 6.21. The summed E-state index contributed by atoms with van der Waals surface area (Å²) >= 11 is 1.95. The van der Waals surface area contributed by atoms with Gasteiger partial charge in [-0.05, 0) is 28.7 Å². The van der Waals surface area contributed by atoms with Gasteiger partial charge in [0, 0.05) is 11.5 Å². The zero-order valence-electron chi connectivity index (χ0n) is 10.2. The molecule has 1 aromatic carbocycles. The van der Waals surface area contributed by atoms with Crippen molar-refractivity contribution < 1.29 is 14.2 Å². The van der Waals surface area contributed by atoms with Crippen molar-refractivity contribution in [1.29, 1.82) is 0 Å². The lowest BCUT2D eigenvalue weighted by atomic mass is 10.1. The number of benzene rings is 1. The fraction of sp³-hybridized carbons (Fsp3) is 0.250. The van der Waals surface area contributed by atoms with E-state index in [1.807, 2.05) is 22.6 Å². The van der Waals surface area contributed by atoms with Gasteiger partial charge in [0.2, 0.25) is 0 Å². The molecular formula is C12H12INO4. The highest BCUT2D eigenvalue weighted by atomic mass is 127. The van der Waals surface area contributed by atoms with Gasteiger partial charge in [0.05, 0.1) is 26.8 Å². The van der Waals surface area contributed by atoms with Crippen molar-refractivity contribution in [1.82, 2.24) is 4.98 Å². The summed E-state index contributed by atoms with van der Waals surface area (Å²) < 4.78 is 16.3. The number of halogens is 1. The predicted molar refractivity (Wildman–Crippen MR) is 76.9 cm³/mol. The first-order valence-electron chi connectivity index (χ1n) is 5.13. The summed E-state index contributed by atoms with van der Waals surface area (Å²) in [6.07, 6.45) is 0. The lowest BCUT2D eigenvalue weighted by Gasteiger charge is -2.12. The lowest BCUT2D eigenvalue weighted by Crippen LogP contribution is -2.12. The van der Waals surface area contributed by atoms with Crippen LogP contribution in [0.5, 0.6) is 17.2 Å². The van der Waals surface area contributed by atoms with Gasteiger partial charge in [-0.15, -0.1) is 0 Å². The average molecular weight is 361 g/mol. The highest BCUT2D eigenvalue weighted by Crippen LogP contribution is 2.35. The summed E-state index contributed by atoms with van der Waals surface area (Å²) in [5.41, 5.74) is 0.393. The molecule has 18 heavy (non-hydrogen) atoms. The van der Waals surface area contributed by atoms with E-state index in [-0.39, 0.29) is 5.56 Å². The average Bonchev–Trinajstić information content (AvgIpc) is 2.39. The Morgan fingerprint density at radius 1 is 1.11 bits per heavy atom. The Morgan fingerprint density at radius 2 is 1.83 bits per heavy atom. The standard InChI is InChI=1S/C12H12INO4/c1-16-6-4-7-10(8(5-6)17-2)14-12(15)9(13)11(7)18-3/h4-5H,1-3H3,(H,14,15). The van der Waals surface area contributed by atoms with E-state index in [0.29, 0.717) is 26.3 Å². The number of methoxy groups -OCH3 is 3. The number of ether oxygens (including phenoxy) is 3. The van der Waals surface area contributed by atoms with E-state index >= 15 is 0 Å². The largest absolute Gasteiger partial charge is 0.497 e. The number of hydrogen-bond acceptors (Lipinski definition) is 4. The molecule has 2 aromatic rings. The number of rotatable bonds is 3. The van der Waals surface area contributed by atoms with Crippen LogP contribution in [-0.2, 0) is 0 Å². The monoisotopic (exact) mass is 361 g/mol. The molecule has 0 bridgehead atoms. The third kappa shape index (κ3) is 2.00. The van der Waals surface area contributed by atoms with Crippen LogP contribution in [0.25, 0.3) is 10.9 Å². The van der Waals surface area contributed by atoms with Crippen LogP contribution in [0, 0.1) is 3.57 Å². The smallest absolute Gasteiger partial charge is 0.265 e. The molecule has 0 spiro atoms. The molecule has 5 nitrogen and oxygen atoms in total. The Kier molecular flexibility index (Phi) is 3.65. The summed E-state index contributed by atoms with van der Waals surface area (Å²) in [5.74, 6) is 1.70. The van der Waals surface area contributed by atoms with Crippen LogP contribution in [0.15, 0.2) is 16.9 Å². The molecule has 2 rings (SSSR count). The molecule has 0 radical (unpaired) electrons. The lowest BCUT2D eigenvalue weighted by molar-refractivity contribution is 0.395. The van der Waals surface area contributed by atoms with E-state index < -0.39 is 0 Å². The van der Waals surface area contributed by atoms with E-state index in [1.54, 1.807) is 19.2 Å². The second kappa shape index (κ2) is 5.05. The highest BCUT2D eigenvalue weighted by Gasteiger charge is 2.15. The summed E-state index contributed by atoms with van der Waals surface area (Å²) in [6, 6.07) is 3.51. The molecule has 0 aliphatic heterocycles. The highest BCUT2D eigenvalue weighted by molar-refractivity contribution is 14.1. The topological polar surface area (TPSA) is 60.5 Å². The summed E-state index contributed by atoms with van der Waals surface area (Å²) in [5, 5.41) is 0.748. The van der Waals surface area contributed by atoms with Gasteiger partial charge < -0.3 is 19.2 Å². The van der Waals surface area contributed by atoms with Crippen molar-refractivity contribution in [2.45, 2.75) is 0 Å². The second-order valence-corrected chi connectivity index (χ2v) is 4.63. The van der Waals surface area contributed by atoms with Gasteiger partial charge in [-0.1, -0.05) is 0 Å². The molecule has 0 aliphatic carbocycles. The molecule has 0 aliphatic rings. The van der Waals surface area contributed by atoms with Crippen LogP contribution >= 0.6 is 22.6 Å². The van der Waals surface area contributed by atoms with Crippen molar-refractivity contribution in [3.63, 3.8) is 0 Å². The predicted octanol–water partition coefficient (Wildman–Crippen LogP) is 2.16. The van der Waals surface area contributed by atoms with Gasteiger partial charge >= 0.3 is 0 Å². The number of nitrogens with one attached hydrogen (secondary N) is 1. The number of hydrogen-bond donors (Lipinski definition) is 1. The van der Waals surface area contributed by atoms with Gasteiger partial charge in [0.25, 0.3) is 5.56 Å². The number of H-pyrrole nitrogens is 1. The number of pyridine rings is 1.